The van der Waals surface area contributed by atoms with Crippen LogP contribution in [0.2, 0.25) is 0 Å². The van der Waals surface area contributed by atoms with Crippen molar-refractivity contribution in [3.63, 3.8) is 0 Å². The van der Waals surface area contributed by atoms with E-state index in [1.807, 2.05) is 28.8 Å². The standard InChI is InChI=1S/C16H21N3O/c1-12(2)18-8-7-13(10-18)11-19-15-6-4-3-5-14(15)17-9-16(19)20/h3-6,9,12-13H,7-8,10-11H2,1-2H3/t13-/m0/s1. The maximum Gasteiger partial charge on any atom is 0.269 e. The Labute approximate surface area is 119 Å². The lowest BCUT2D eigenvalue weighted by atomic mass is 10.1. The van der Waals surface area contributed by atoms with Gasteiger partial charge in [0.15, 0.2) is 0 Å². The van der Waals surface area contributed by atoms with Gasteiger partial charge in [0.05, 0.1) is 17.2 Å². The maximum atomic E-state index is 12.1. The van der Waals surface area contributed by atoms with E-state index in [1.54, 1.807) is 0 Å². The highest BCUT2D eigenvalue weighted by Gasteiger charge is 2.25. The summed E-state index contributed by atoms with van der Waals surface area (Å²) in [6, 6.07) is 8.46. The van der Waals surface area contributed by atoms with Gasteiger partial charge in [-0.15, -0.1) is 0 Å². The van der Waals surface area contributed by atoms with Crippen LogP contribution in [0.4, 0.5) is 0 Å². The van der Waals surface area contributed by atoms with Crippen LogP contribution < -0.4 is 5.56 Å². The second-order valence-electron chi connectivity index (χ2n) is 5.94. The summed E-state index contributed by atoms with van der Waals surface area (Å²) < 4.78 is 1.89. The van der Waals surface area contributed by atoms with Gasteiger partial charge in [0.1, 0.15) is 0 Å². The van der Waals surface area contributed by atoms with Crippen LogP contribution in [0, 0.1) is 5.92 Å². The first-order valence-electron chi connectivity index (χ1n) is 7.34. The number of likely N-dealkylation sites (tertiary alicyclic amines) is 1. The predicted molar refractivity (Wildman–Crippen MR) is 80.8 cm³/mol. The summed E-state index contributed by atoms with van der Waals surface area (Å²) >= 11 is 0. The van der Waals surface area contributed by atoms with E-state index < -0.39 is 0 Å². The number of aromatic nitrogens is 2. The van der Waals surface area contributed by atoms with Crippen LogP contribution in [-0.2, 0) is 6.54 Å². The third-order valence-corrected chi connectivity index (χ3v) is 4.24. The molecule has 1 aromatic heterocycles. The molecule has 20 heavy (non-hydrogen) atoms. The van der Waals surface area contributed by atoms with E-state index in [9.17, 15) is 4.79 Å². The second-order valence-corrected chi connectivity index (χ2v) is 5.94. The Bertz CT molecular complexity index is 662. The molecule has 0 unspecified atom stereocenters. The van der Waals surface area contributed by atoms with Crippen molar-refractivity contribution in [1.82, 2.24) is 14.5 Å². The number of hydrogen-bond donors (Lipinski definition) is 0. The topological polar surface area (TPSA) is 38.1 Å². The van der Waals surface area contributed by atoms with Gasteiger partial charge < -0.3 is 9.47 Å². The largest absolute Gasteiger partial charge is 0.305 e. The Morgan fingerprint density at radius 1 is 1.35 bits per heavy atom. The summed E-state index contributed by atoms with van der Waals surface area (Å²) in [5, 5.41) is 0. The molecule has 1 aliphatic rings. The Morgan fingerprint density at radius 2 is 2.15 bits per heavy atom. The lowest BCUT2D eigenvalue weighted by Gasteiger charge is -2.20. The van der Waals surface area contributed by atoms with Crippen molar-refractivity contribution in [3.8, 4) is 0 Å². The number of hydrogen-bond acceptors (Lipinski definition) is 3. The van der Waals surface area contributed by atoms with E-state index in [-0.39, 0.29) is 5.56 Å². The average Bonchev–Trinajstić information content (AvgIpc) is 2.91. The van der Waals surface area contributed by atoms with Crippen LogP contribution in [0.3, 0.4) is 0 Å². The van der Waals surface area contributed by atoms with Gasteiger partial charge in [-0.05, 0) is 44.9 Å². The van der Waals surface area contributed by atoms with Crippen molar-refractivity contribution >= 4 is 11.0 Å². The van der Waals surface area contributed by atoms with Crippen molar-refractivity contribution in [1.29, 1.82) is 0 Å². The third-order valence-electron chi connectivity index (χ3n) is 4.24. The zero-order valence-electron chi connectivity index (χ0n) is 12.1. The van der Waals surface area contributed by atoms with Crippen LogP contribution in [0.5, 0.6) is 0 Å². The van der Waals surface area contributed by atoms with Crippen LogP contribution in [0.15, 0.2) is 35.3 Å². The number of rotatable bonds is 3. The van der Waals surface area contributed by atoms with E-state index in [1.165, 1.54) is 12.6 Å². The fourth-order valence-corrected chi connectivity index (χ4v) is 3.04. The quantitative estimate of drug-likeness (QED) is 0.858. The third kappa shape index (κ3) is 2.48. The second kappa shape index (κ2) is 5.37. The van der Waals surface area contributed by atoms with E-state index >= 15 is 0 Å². The molecule has 4 nitrogen and oxygen atoms in total. The van der Waals surface area contributed by atoms with Crippen LogP contribution >= 0.6 is 0 Å². The fraction of sp³-hybridized carbons (Fsp3) is 0.500. The van der Waals surface area contributed by atoms with Gasteiger partial charge in [0.2, 0.25) is 0 Å². The molecule has 3 rings (SSSR count). The molecule has 2 heterocycles. The van der Waals surface area contributed by atoms with Crippen molar-refractivity contribution in [2.75, 3.05) is 13.1 Å². The smallest absolute Gasteiger partial charge is 0.269 e. The lowest BCUT2D eigenvalue weighted by Crippen LogP contribution is -2.30. The van der Waals surface area contributed by atoms with Gasteiger partial charge in [-0.1, -0.05) is 12.1 Å². The minimum atomic E-state index is 0.00620. The summed E-state index contributed by atoms with van der Waals surface area (Å²) in [5.41, 5.74) is 1.85. The molecule has 0 radical (unpaired) electrons. The summed E-state index contributed by atoms with van der Waals surface area (Å²) in [7, 11) is 0. The molecular formula is C16H21N3O. The molecular weight excluding hydrogens is 250 g/mol. The first-order valence-corrected chi connectivity index (χ1v) is 7.34. The van der Waals surface area contributed by atoms with Crippen LogP contribution in [0.25, 0.3) is 11.0 Å². The van der Waals surface area contributed by atoms with Crippen molar-refractivity contribution in [2.45, 2.75) is 32.9 Å². The minimum Gasteiger partial charge on any atom is -0.305 e. The highest BCUT2D eigenvalue weighted by Crippen LogP contribution is 2.21. The average molecular weight is 271 g/mol. The molecule has 106 valence electrons. The predicted octanol–water partition coefficient (Wildman–Crippen LogP) is 2.13. The molecule has 0 aliphatic carbocycles. The zero-order valence-corrected chi connectivity index (χ0v) is 12.1. The number of benzene rings is 1. The van der Waals surface area contributed by atoms with Gasteiger partial charge in [0.25, 0.3) is 5.56 Å². The molecule has 2 aromatic rings. The SMILES string of the molecule is CC(C)N1CC[C@H](Cn2c(=O)cnc3ccccc32)C1. The molecule has 1 atom stereocenters. The highest BCUT2D eigenvalue weighted by molar-refractivity contribution is 5.74. The molecule has 1 fully saturated rings. The molecule has 1 aliphatic heterocycles. The molecule has 0 spiro atoms. The number of para-hydroxylation sites is 2. The summed E-state index contributed by atoms with van der Waals surface area (Å²) in [5.74, 6) is 0.556. The summed E-state index contributed by atoms with van der Waals surface area (Å²) in [4.78, 5) is 18.8. The van der Waals surface area contributed by atoms with Gasteiger partial charge in [-0.2, -0.15) is 0 Å². The molecule has 0 N–H and O–H groups in total. The van der Waals surface area contributed by atoms with Crippen LogP contribution in [0.1, 0.15) is 20.3 Å². The lowest BCUT2D eigenvalue weighted by molar-refractivity contribution is 0.261. The van der Waals surface area contributed by atoms with Gasteiger partial charge in [0, 0.05) is 19.1 Å². The van der Waals surface area contributed by atoms with Gasteiger partial charge in [-0.25, -0.2) is 4.98 Å². The highest BCUT2D eigenvalue weighted by atomic mass is 16.1. The van der Waals surface area contributed by atoms with E-state index in [4.69, 9.17) is 0 Å². The van der Waals surface area contributed by atoms with Gasteiger partial charge >= 0.3 is 0 Å². The Kier molecular flexibility index (Phi) is 3.57. The minimum absolute atomic E-state index is 0.00620. The zero-order chi connectivity index (χ0) is 14.1. The van der Waals surface area contributed by atoms with Crippen molar-refractivity contribution in [3.05, 3.63) is 40.8 Å². The molecule has 0 amide bonds. The maximum absolute atomic E-state index is 12.1. The summed E-state index contributed by atoms with van der Waals surface area (Å²) in [6.07, 6.45) is 2.61. The Morgan fingerprint density at radius 3 is 2.90 bits per heavy atom. The normalized spacial score (nSPS) is 20.1. The molecule has 0 saturated carbocycles. The van der Waals surface area contributed by atoms with E-state index in [0.717, 1.165) is 30.7 Å². The first kappa shape index (κ1) is 13.3. The van der Waals surface area contributed by atoms with Gasteiger partial charge in [-0.3, -0.25) is 4.79 Å². The fourth-order valence-electron chi connectivity index (χ4n) is 3.04. The molecule has 1 aromatic carbocycles. The number of fused-ring (bicyclic) bond motifs is 1. The first-order chi connectivity index (χ1) is 9.65. The molecule has 4 heteroatoms. The molecule has 1 saturated heterocycles. The monoisotopic (exact) mass is 271 g/mol. The van der Waals surface area contributed by atoms with E-state index in [0.29, 0.717) is 12.0 Å². The number of nitrogens with zero attached hydrogens (tertiary/aromatic N) is 3. The van der Waals surface area contributed by atoms with Crippen molar-refractivity contribution in [2.24, 2.45) is 5.92 Å². The Balaban J connectivity index is 1.88. The van der Waals surface area contributed by atoms with Crippen LogP contribution in [-0.4, -0.2) is 33.6 Å². The molecule has 0 bridgehead atoms. The Hall–Kier alpha value is -1.68. The summed E-state index contributed by atoms with van der Waals surface area (Å²) in [6.45, 7) is 7.48. The van der Waals surface area contributed by atoms with Crippen molar-refractivity contribution < 1.29 is 0 Å². The van der Waals surface area contributed by atoms with E-state index in [2.05, 4.69) is 23.7 Å².